The molecule has 3 rings (SSSR count). The molecule has 0 aromatic rings. The third kappa shape index (κ3) is 1.68. The van der Waals surface area contributed by atoms with Crippen molar-refractivity contribution in [3.63, 3.8) is 0 Å². The van der Waals surface area contributed by atoms with Crippen LogP contribution in [0.4, 0.5) is 0 Å². The predicted octanol–water partition coefficient (Wildman–Crippen LogP) is 3.38. The van der Waals surface area contributed by atoms with Crippen LogP contribution in [0.2, 0.25) is 0 Å². The molecule has 1 spiro atoms. The first kappa shape index (κ1) is 12.9. The normalized spacial score (nSPS) is 50.0. The van der Waals surface area contributed by atoms with E-state index in [2.05, 4.69) is 20.8 Å². The number of rotatable bonds is 2. The van der Waals surface area contributed by atoms with Gasteiger partial charge in [0.1, 0.15) is 0 Å². The van der Waals surface area contributed by atoms with E-state index in [1.165, 1.54) is 32.1 Å². The summed E-state index contributed by atoms with van der Waals surface area (Å²) in [5, 5.41) is 9.46. The van der Waals surface area contributed by atoms with Gasteiger partial charge in [0.25, 0.3) is 0 Å². The van der Waals surface area contributed by atoms with Gasteiger partial charge in [0.2, 0.25) is 0 Å². The molecule has 0 aromatic heterocycles. The predicted molar refractivity (Wildman–Crippen MR) is 72.3 cm³/mol. The molecule has 2 heteroatoms. The van der Waals surface area contributed by atoms with Crippen LogP contribution < -0.4 is 0 Å². The van der Waals surface area contributed by atoms with E-state index < -0.39 is 0 Å². The summed E-state index contributed by atoms with van der Waals surface area (Å²) in [6, 6.07) is 0. The highest BCUT2D eigenvalue weighted by molar-refractivity contribution is 5.13. The number of epoxide rings is 1. The molecular weight excluding hydrogens is 224 g/mol. The van der Waals surface area contributed by atoms with E-state index in [9.17, 15) is 5.11 Å². The Morgan fingerprint density at radius 1 is 1.17 bits per heavy atom. The zero-order chi connectivity index (χ0) is 13.0. The minimum Gasteiger partial charge on any atom is -0.396 e. The van der Waals surface area contributed by atoms with Gasteiger partial charge in [-0.15, -0.1) is 0 Å². The fourth-order valence-electron chi connectivity index (χ4n) is 5.63. The molecular formula is C16H28O2. The standard InChI is InChI=1S/C16H28O2/c1-14(2)7-4-8-15(3)12(14)5-9-16(11-18-16)13(15)6-10-17/h12-13,17H,4-11H2,1-3H3/t12-,13+,15-,16-/m0/s1. The van der Waals surface area contributed by atoms with E-state index in [-0.39, 0.29) is 5.60 Å². The Hall–Kier alpha value is -0.0800. The van der Waals surface area contributed by atoms with E-state index in [0.717, 1.165) is 18.9 Å². The largest absolute Gasteiger partial charge is 0.396 e. The highest BCUT2D eigenvalue weighted by atomic mass is 16.6. The van der Waals surface area contributed by atoms with Crippen LogP contribution in [0.1, 0.15) is 59.3 Å². The number of hydrogen-bond donors (Lipinski definition) is 1. The summed E-state index contributed by atoms with van der Waals surface area (Å²) in [4.78, 5) is 0. The molecule has 1 N–H and O–H groups in total. The smallest absolute Gasteiger partial charge is 0.0950 e. The van der Waals surface area contributed by atoms with Gasteiger partial charge in [-0.25, -0.2) is 0 Å². The van der Waals surface area contributed by atoms with Crippen LogP contribution in [0, 0.1) is 22.7 Å². The Morgan fingerprint density at radius 3 is 2.50 bits per heavy atom. The molecule has 0 bridgehead atoms. The quantitative estimate of drug-likeness (QED) is 0.764. The van der Waals surface area contributed by atoms with Gasteiger partial charge in [-0.1, -0.05) is 27.2 Å². The molecule has 0 unspecified atom stereocenters. The van der Waals surface area contributed by atoms with Crippen LogP contribution >= 0.6 is 0 Å². The summed E-state index contributed by atoms with van der Waals surface area (Å²) in [5.74, 6) is 1.39. The fraction of sp³-hybridized carbons (Fsp3) is 1.00. The molecule has 1 aliphatic heterocycles. The molecule has 1 saturated heterocycles. The van der Waals surface area contributed by atoms with Crippen molar-refractivity contribution in [2.45, 2.75) is 64.9 Å². The Morgan fingerprint density at radius 2 is 1.89 bits per heavy atom. The number of aliphatic hydroxyl groups excluding tert-OH is 1. The first-order valence-electron chi connectivity index (χ1n) is 7.69. The molecule has 2 saturated carbocycles. The third-order valence-corrected chi connectivity index (χ3v) is 6.50. The van der Waals surface area contributed by atoms with Crippen LogP contribution in [0.5, 0.6) is 0 Å². The van der Waals surface area contributed by atoms with Crippen molar-refractivity contribution in [3.8, 4) is 0 Å². The van der Waals surface area contributed by atoms with Gasteiger partial charge in [-0.2, -0.15) is 0 Å². The molecule has 3 fully saturated rings. The lowest BCUT2D eigenvalue weighted by Crippen LogP contribution is -2.54. The van der Waals surface area contributed by atoms with Crippen LogP contribution in [-0.4, -0.2) is 23.9 Å². The first-order valence-corrected chi connectivity index (χ1v) is 7.69. The summed E-state index contributed by atoms with van der Waals surface area (Å²) in [6.45, 7) is 8.66. The van der Waals surface area contributed by atoms with Gasteiger partial charge in [-0.3, -0.25) is 0 Å². The molecule has 2 aliphatic carbocycles. The zero-order valence-corrected chi connectivity index (χ0v) is 12.2. The molecule has 4 atom stereocenters. The molecule has 0 radical (unpaired) electrons. The molecule has 1 heterocycles. The van der Waals surface area contributed by atoms with E-state index in [1.54, 1.807) is 0 Å². The highest BCUT2D eigenvalue weighted by Crippen LogP contribution is 2.65. The maximum atomic E-state index is 9.46. The molecule has 2 nitrogen and oxygen atoms in total. The number of aliphatic hydroxyl groups is 1. The summed E-state index contributed by atoms with van der Waals surface area (Å²) < 4.78 is 5.87. The Labute approximate surface area is 111 Å². The minimum atomic E-state index is 0.154. The molecule has 104 valence electrons. The average Bonchev–Trinajstić information content (AvgIpc) is 3.03. The van der Waals surface area contributed by atoms with Crippen molar-refractivity contribution < 1.29 is 9.84 Å². The van der Waals surface area contributed by atoms with Crippen molar-refractivity contribution in [2.75, 3.05) is 13.2 Å². The van der Waals surface area contributed by atoms with Crippen molar-refractivity contribution in [3.05, 3.63) is 0 Å². The second-order valence-corrected chi connectivity index (χ2v) is 7.86. The Kier molecular flexibility index (Phi) is 2.84. The lowest BCUT2D eigenvalue weighted by molar-refractivity contribution is -0.110. The van der Waals surface area contributed by atoms with Gasteiger partial charge < -0.3 is 9.84 Å². The molecule has 3 aliphatic rings. The van der Waals surface area contributed by atoms with Crippen LogP contribution in [-0.2, 0) is 4.74 Å². The number of hydrogen-bond acceptors (Lipinski definition) is 2. The van der Waals surface area contributed by atoms with Crippen LogP contribution in [0.15, 0.2) is 0 Å². The second-order valence-electron chi connectivity index (χ2n) is 7.86. The lowest BCUT2D eigenvalue weighted by Gasteiger charge is -2.59. The van der Waals surface area contributed by atoms with Crippen LogP contribution in [0.3, 0.4) is 0 Å². The average molecular weight is 252 g/mol. The van der Waals surface area contributed by atoms with Crippen molar-refractivity contribution in [1.82, 2.24) is 0 Å². The summed E-state index contributed by atoms with van der Waals surface area (Å²) >= 11 is 0. The van der Waals surface area contributed by atoms with Gasteiger partial charge in [0.15, 0.2) is 0 Å². The van der Waals surface area contributed by atoms with E-state index in [0.29, 0.717) is 23.4 Å². The van der Waals surface area contributed by atoms with Gasteiger partial charge >= 0.3 is 0 Å². The number of ether oxygens (including phenoxy) is 1. The Bertz CT molecular complexity index is 332. The van der Waals surface area contributed by atoms with Gasteiger partial charge in [-0.05, 0) is 54.8 Å². The summed E-state index contributed by atoms with van der Waals surface area (Å²) in [5.41, 5.74) is 1.01. The van der Waals surface area contributed by atoms with Crippen LogP contribution in [0.25, 0.3) is 0 Å². The Balaban J connectivity index is 1.93. The lowest BCUT2D eigenvalue weighted by atomic mass is 9.46. The van der Waals surface area contributed by atoms with Crippen molar-refractivity contribution >= 4 is 0 Å². The molecule has 0 aromatic carbocycles. The highest BCUT2D eigenvalue weighted by Gasteiger charge is 2.64. The maximum absolute atomic E-state index is 9.46. The topological polar surface area (TPSA) is 32.8 Å². The van der Waals surface area contributed by atoms with E-state index in [1.807, 2.05) is 0 Å². The molecule has 0 amide bonds. The maximum Gasteiger partial charge on any atom is 0.0950 e. The number of fused-ring (bicyclic) bond motifs is 1. The van der Waals surface area contributed by atoms with E-state index >= 15 is 0 Å². The minimum absolute atomic E-state index is 0.154. The monoisotopic (exact) mass is 252 g/mol. The fourth-order valence-corrected chi connectivity index (χ4v) is 5.63. The third-order valence-electron chi connectivity index (χ3n) is 6.50. The molecule has 18 heavy (non-hydrogen) atoms. The first-order chi connectivity index (χ1) is 8.45. The van der Waals surface area contributed by atoms with Crippen molar-refractivity contribution in [1.29, 1.82) is 0 Å². The summed E-state index contributed by atoms with van der Waals surface area (Å²) in [6.07, 6.45) is 7.53. The van der Waals surface area contributed by atoms with E-state index in [4.69, 9.17) is 4.74 Å². The zero-order valence-electron chi connectivity index (χ0n) is 12.2. The second kappa shape index (κ2) is 3.96. The SMILES string of the molecule is CC1(C)CCC[C@@]2(C)[C@H]1CC[C@]1(CO1)[C@@H]2CCO. The van der Waals surface area contributed by atoms with Gasteiger partial charge in [0.05, 0.1) is 12.2 Å². The van der Waals surface area contributed by atoms with Gasteiger partial charge in [0, 0.05) is 6.61 Å². The summed E-state index contributed by atoms with van der Waals surface area (Å²) in [7, 11) is 0. The van der Waals surface area contributed by atoms with Crippen molar-refractivity contribution in [2.24, 2.45) is 22.7 Å².